The summed E-state index contributed by atoms with van der Waals surface area (Å²) in [5, 5.41) is 6.68. The third kappa shape index (κ3) is 5.58. The van der Waals surface area contributed by atoms with Crippen molar-refractivity contribution in [2.45, 2.75) is 53.2 Å². The third-order valence-corrected chi connectivity index (χ3v) is 4.84. The first kappa shape index (κ1) is 21.5. The number of carbonyl (C=O) groups excluding carboxylic acids is 2. The highest BCUT2D eigenvalue weighted by atomic mass is 16.5. The Hall–Kier alpha value is -2.83. The van der Waals surface area contributed by atoms with E-state index in [-0.39, 0.29) is 18.2 Å². The molecule has 0 saturated heterocycles. The topological polar surface area (TPSA) is 90.7 Å². The van der Waals surface area contributed by atoms with Crippen LogP contribution in [0.5, 0.6) is 5.75 Å². The van der Waals surface area contributed by atoms with Crippen molar-refractivity contribution < 1.29 is 23.6 Å². The highest BCUT2D eigenvalue weighted by molar-refractivity contribution is 5.85. The van der Waals surface area contributed by atoms with E-state index in [2.05, 4.69) is 10.5 Å². The van der Waals surface area contributed by atoms with Gasteiger partial charge in [0.15, 0.2) is 0 Å². The average Bonchev–Trinajstić information content (AvgIpc) is 3.02. The summed E-state index contributed by atoms with van der Waals surface area (Å²) >= 11 is 0. The van der Waals surface area contributed by atoms with Crippen molar-refractivity contribution in [2.75, 3.05) is 7.11 Å². The summed E-state index contributed by atoms with van der Waals surface area (Å²) in [6.45, 7) is 7.97. The lowest BCUT2D eigenvalue weighted by molar-refractivity contribution is -0.146. The van der Waals surface area contributed by atoms with Gasteiger partial charge in [0.1, 0.15) is 24.2 Å². The monoisotopic (exact) mass is 388 g/mol. The molecular weight excluding hydrogens is 360 g/mol. The fraction of sp³-hybridized carbons (Fsp3) is 0.476. The smallest absolute Gasteiger partial charge is 0.328 e. The normalized spacial score (nSPS) is 12.9. The van der Waals surface area contributed by atoms with Crippen molar-refractivity contribution in [1.82, 2.24) is 10.5 Å². The molecule has 0 radical (unpaired) electrons. The number of esters is 1. The lowest BCUT2D eigenvalue weighted by atomic mass is 9.99. The van der Waals surface area contributed by atoms with Gasteiger partial charge in [-0.3, -0.25) is 4.79 Å². The Morgan fingerprint density at radius 2 is 1.89 bits per heavy atom. The van der Waals surface area contributed by atoms with Gasteiger partial charge in [-0.2, -0.15) is 0 Å². The molecule has 0 spiro atoms. The maximum absolute atomic E-state index is 12.3. The third-order valence-electron chi connectivity index (χ3n) is 4.84. The standard InChI is InChI=1S/C21H28N2O5/c1-6-13(2)20(21(25)26-5)22-19(24)11-16-7-9-17(10-8-16)27-12-18-14(3)23-28-15(18)4/h7-10,13,20H,6,11-12H2,1-5H3,(H,22,24). The molecule has 2 unspecified atom stereocenters. The number of carbonyl (C=O) groups is 2. The Balaban J connectivity index is 1.92. The fourth-order valence-electron chi connectivity index (χ4n) is 2.77. The van der Waals surface area contributed by atoms with Crippen LogP contribution in [0.1, 0.15) is 42.8 Å². The summed E-state index contributed by atoms with van der Waals surface area (Å²) in [5.41, 5.74) is 2.57. The van der Waals surface area contributed by atoms with Gasteiger partial charge < -0.3 is 19.3 Å². The van der Waals surface area contributed by atoms with E-state index >= 15 is 0 Å². The first-order chi connectivity index (χ1) is 13.3. The Morgan fingerprint density at radius 1 is 1.21 bits per heavy atom. The van der Waals surface area contributed by atoms with Gasteiger partial charge in [-0.05, 0) is 37.5 Å². The number of ether oxygens (including phenoxy) is 2. The number of methoxy groups -OCH3 is 1. The van der Waals surface area contributed by atoms with Crippen molar-refractivity contribution in [3.63, 3.8) is 0 Å². The lowest BCUT2D eigenvalue weighted by Crippen LogP contribution is -2.46. The van der Waals surface area contributed by atoms with Gasteiger partial charge in [0.25, 0.3) is 0 Å². The molecule has 2 atom stereocenters. The second kappa shape index (κ2) is 9.92. The molecule has 1 heterocycles. The second-order valence-electron chi connectivity index (χ2n) is 6.87. The van der Waals surface area contributed by atoms with E-state index in [0.717, 1.165) is 29.0 Å². The molecule has 1 N–H and O–H groups in total. The minimum absolute atomic E-state index is 0.00324. The molecule has 2 aromatic rings. The first-order valence-electron chi connectivity index (χ1n) is 9.36. The second-order valence-corrected chi connectivity index (χ2v) is 6.87. The number of hydrogen-bond donors (Lipinski definition) is 1. The largest absolute Gasteiger partial charge is 0.489 e. The number of nitrogens with one attached hydrogen (secondary N) is 1. The summed E-state index contributed by atoms with van der Waals surface area (Å²) in [6.07, 6.45) is 0.936. The molecule has 0 aliphatic carbocycles. The van der Waals surface area contributed by atoms with Gasteiger partial charge in [0.2, 0.25) is 5.91 Å². The maximum Gasteiger partial charge on any atom is 0.328 e. The highest BCUT2D eigenvalue weighted by Crippen LogP contribution is 2.18. The minimum Gasteiger partial charge on any atom is -0.489 e. The highest BCUT2D eigenvalue weighted by Gasteiger charge is 2.26. The Bertz CT molecular complexity index is 778. The van der Waals surface area contributed by atoms with Crippen molar-refractivity contribution in [2.24, 2.45) is 5.92 Å². The zero-order valence-corrected chi connectivity index (χ0v) is 17.1. The predicted molar refractivity (Wildman–Crippen MR) is 104 cm³/mol. The van der Waals surface area contributed by atoms with E-state index < -0.39 is 12.0 Å². The van der Waals surface area contributed by atoms with E-state index in [1.807, 2.05) is 52.0 Å². The van der Waals surface area contributed by atoms with Crippen LogP contribution in [-0.4, -0.2) is 30.2 Å². The number of nitrogens with zero attached hydrogens (tertiary/aromatic N) is 1. The summed E-state index contributed by atoms with van der Waals surface area (Å²) in [5.74, 6) is 0.783. The first-order valence-corrected chi connectivity index (χ1v) is 9.36. The van der Waals surface area contributed by atoms with Crippen molar-refractivity contribution in [1.29, 1.82) is 0 Å². The fourth-order valence-corrected chi connectivity index (χ4v) is 2.77. The number of aryl methyl sites for hydroxylation is 2. The zero-order valence-electron chi connectivity index (χ0n) is 17.1. The molecule has 0 fully saturated rings. The van der Waals surface area contributed by atoms with E-state index in [1.165, 1.54) is 7.11 Å². The Morgan fingerprint density at radius 3 is 2.43 bits per heavy atom. The summed E-state index contributed by atoms with van der Waals surface area (Å²) < 4.78 is 15.7. The van der Waals surface area contributed by atoms with Crippen LogP contribution in [0.25, 0.3) is 0 Å². The SMILES string of the molecule is CCC(C)C(NC(=O)Cc1ccc(OCc2c(C)noc2C)cc1)C(=O)OC. The number of aromatic nitrogens is 1. The van der Waals surface area contributed by atoms with Crippen molar-refractivity contribution >= 4 is 11.9 Å². The van der Waals surface area contributed by atoms with Crippen molar-refractivity contribution in [3.8, 4) is 5.75 Å². The number of amides is 1. The van der Waals surface area contributed by atoms with Crippen LogP contribution in [0.4, 0.5) is 0 Å². The molecule has 0 aliphatic rings. The van der Waals surface area contributed by atoms with Gasteiger partial charge in [0.05, 0.1) is 24.8 Å². The molecular formula is C21H28N2O5. The average molecular weight is 388 g/mol. The molecule has 7 heteroatoms. The maximum atomic E-state index is 12.3. The minimum atomic E-state index is -0.639. The van der Waals surface area contributed by atoms with Gasteiger partial charge in [0, 0.05) is 0 Å². The molecule has 0 bridgehead atoms. The van der Waals surface area contributed by atoms with Gasteiger partial charge in [-0.15, -0.1) is 0 Å². The predicted octanol–water partition coefficient (Wildman–Crippen LogP) is 3.12. The van der Waals surface area contributed by atoms with Crippen LogP contribution in [0.3, 0.4) is 0 Å². The zero-order chi connectivity index (χ0) is 20.7. The number of hydrogen-bond acceptors (Lipinski definition) is 6. The van der Waals surface area contributed by atoms with Crippen LogP contribution < -0.4 is 10.1 Å². The van der Waals surface area contributed by atoms with E-state index in [1.54, 1.807) is 0 Å². The number of benzene rings is 1. The quantitative estimate of drug-likeness (QED) is 0.664. The lowest BCUT2D eigenvalue weighted by Gasteiger charge is -2.21. The van der Waals surface area contributed by atoms with Crippen LogP contribution in [0.2, 0.25) is 0 Å². The molecule has 1 aromatic carbocycles. The van der Waals surface area contributed by atoms with Crippen LogP contribution in [0, 0.1) is 19.8 Å². The van der Waals surface area contributed by atoms with Gasteiger partial charge in [-0.1, -0.05) is 37.6 Å². The Labute approximate surface area is 165 Å². The van der Waals surface area contributed by atoms with Crippen LogP contribution in [-0.2, 0) is 27.4 Å². The summed E-state index contributed by atoms with van der Waals surface area (Å²) in [4.78, 5) is 24.2. The van der Waals surface area contributed by atoms with Crippen molar-refractivity contribution in [3.05, 3.63) is 46.8 Å². The number of rotatable bonds is 9. The molecule has 2 rings (SSSR count). The molecule has 152 valence electrons. The van der Waals surface area contributed by atoms with E-state index in [9.17, 15) is 9.59 Å². The van der Waals surface area contributed by atoms with Gasteiger partial charge in [-0.25, -0.2) is 4.79 Å². The molecule has 1 aromatic heterocycles. The Kier molecular flexibility index (Phi) is 7.61. The van der Waals surface area contributed by atoms with Crippen LogP contribution in [0.15, 0.2) is 28.8 Å². The van der Waals surface area contributed by atoms with Gasteiger partial charge >= 0.3 is 5.97 Å². The molecule has 0 saturated carbocycles. The van der Waals surface area contributed by atoms with Crippen LogP contribution >= 0.6 is 0 Å². The molecule has 28 heavy (non-hydrogen) atoms. The van der Waals surface area contributed by atoms with E-state index in [4.69, 9.17) is 14.0 Å². The van der Waals surface area contributed by atoms with E-state index in [0.29, 0.717) is 12.4 Å². The molecule has 1 amide bonds. The molecule has 7 nitrogen and oxygen atoms in total. The molecule has 0 aliphatic heterocycles. The summed E-state index contributed by atoms with van der Waals surface area (Å²) in [6, 6.07) is 6.65. The summed E-state index contributed by atoms with van der Waals surface area (Å²) in [7, 11) is 1.32.